The molecule has 1 aromatic heterocycles. The molecule has 5 nitrogen and oxygen atoms in total. The van der Waals surface area contributed by atoms with E-state index in [-0.39, 0.29) is 16.6 Å². The maximum Gasteiger partial charge on any atom is 0.348 e. The predicted octanol–water partition coefficient (Wildman–Crippen LogP) is 4.98. The van der Waals surface area contributed by atoms with E-state index in [4.69, 9.17) is 33.7 Å². The Labute approximate surface area is 157 Å². The number of carboxylic acids is 1. The van der Waals surface area contributed by atoms with Crippen LogP contribution in [0.1, 0.15) is 15.2 Å². The molecule has 0 fully saturated rings. The number of carbonyl (C=O) groups is 1. The lowest BCUT2D eigenvalue weighted by molar-refractivity contribution is 0.0702. The first-order valence-electron chi connectivity index (χ1n) is 7.11. The molecule has 1 heterocycles. The van der Waals surface area contributed by atoms with E-state index >= 15 is 0 Å². The Kier molecular flexibility index (Phi) is 5.13. The van der Waals surface area contributed by atoms with Gasteiger partial charge in [-0.05, 0) is 36.4 Å². The zero-order valence-corrected chi connectivity index (χ0v) is 15.0. The smallest absolute Gasteiger partial charge is 0.348 e. The van der Waals surface area contributed by atoms with Gasteiger partial charge in [0, 0.05) is 21.2 Å². The van der Waals surface area contributed by atoms with Gasteiger partial charge in [-0.3, -0.25) is 0 Å². The number of aromatic carboxylic acids is 1. The van der Waals surface area contributed by atoms with Crippen LogP contribution < -0.4 is 10.5 Å². The van der Waals surface area contributed by atoms with E-state index in [2.05, 4.69) is 4.98 Å². The summed E-state index contributed by atoms with van der Waals surface area (Å²) in [5, 5.41) is 10.5. The van der Waals surface area contributed by atoms with E-state index in [1.165, 1.54) is 0 Å². The Morgan fingerprint density at radius 1 is 1.16 bits per heavy atom. The number of nitrogen functional groups attached to an aromatic ring is 1. The third-order valence-corrected chi connectivity index (χ3v) is 4.99. The average molecular weight is 395 g/mol. The zero-order chi connectivity index (χ0) is 18.0. The van der Waals surface area contributed by atoms with Gasteiger partial charge in [0.1, 0.15) is 17.2 Å². The minimum Gasteiger partial charge on any atom is -0.489 e. The molecule has 3 rings (SSSR count). The van der Waals surface area contributed by atoms with Gasteiger partial charge in [-0.15, -0.1) is 0 Å². The van der Waals surface area contributed by atoms with E-state index < -0.39 is 5.97 Å². The van der Waals surface area contributed by atoms with Crippen LogP contribution in [-0.4, -0.2) is 16.1 Å². The molecular formula is C17H12Cl2N2O3S. The monoisotopic (exact) mass is 394 g/mol. The minimum atomic E-state index is -1.06. The molecule has 0 saturated carbocycles. The van der Waals surface area contributed by atoms with Gasteiger partial charge in [0.05, 0.1) is 5.69 Å². The highest BCUT2D eigenvalue weighted by molar-refractivity contribution is 7.17. The van der Waals surface area contributed by atoms with Crippen LogP contribution in [0.3, 0.4) is 0 Å². The van der Waals surface area contributed by atoms with Gasteiger partial charge in [-0.25, -0.2) is 9.78 Å². The molecule has 0 bridgehead atoms. The maximum atomic E-state index is 11.3. The van der Waals surface area contributed by atoms with Crippen LogP contribution in [0.25, 0.3) is 11.3 Å². The lowest BCUT2D eigenvalue weighted by atomic mass is 10.1. The molecule has 0 spiro atoms. The van der Waals surface area contributed by atoms with Crippen LogP contribution in [0.2, 0.25) is 10.0 Å². The van der Waals surface area contributed by atoms with Crippen molar-refractivity contribution in [1.29, 1.82) is 0 Å². The standard InChI is InChI=1S/C17H12Cl2N2O3S/c18-12-2-1-3-13(19)11(12)8-24-10-6-4-9(5-7-10)14-15(16(22)23)25-17(20)21-14/h1-7H,8H2,(H2,20,21)(H,22,23). The van der Waals surface area contributed by atoms with Gasteiger partial charge in [0.2, 0.25) is 0 Å². The second-order valence-corrected chi connectivity index (χ2v) is 6.89. The van der Waals surface area contributed by atoms with Crippen LogP contribution in [0.5, 0.6) is 5.75 Å². The van der Waals surface area contributed by atoms with Gasteiger partial charge in [0.15, 0.2) is 5.13 Å². The summed E-state index contributed by atoms with van der Waals surface area (Å²) in [7, 11) is 0. The highest BCUT2D eigenvalue weighted by Crippen LogP contribution is 2.31. The van der Waals surface area contributed by atoms with Crippen molar-refractivity contribution < 1.29 is 14.6 Å². The summed E-state index contributed by atoms with van der Waals surface area (Å²) in [4.78, 5) is 15.5. The van der Waals surface area contributed by atoms with Crippen molar-refractivity contribution in [2.24, 2.45) is 0 Å². The lowest BCUT2D eigenvalue weighted by Crippen LogP contribution is -1.98. The molecule has 0 atom stereocenters. The van der Waals surface area contributed by atoms with Crippen molar-refractivity contribution in [3.63, 3.8) is 0 Å². The Balaban J connectivity index is 1.78. The summed E-state index contributed by atoms with van der Waals surface area (Å²) in [5.74, 6) is -0.460. The van der Waals surface area contributed by atoms with Gasteiger partial charge in [0.25, 0.3) is 0 Å². The largest absolute Gasteiger partial charge is 0.489 e. The van der Waals surface area contributed by atoms with Gasteiger partial charge < -0.3 is 15.6 Å². The third-order valence-electron chi connectivity index (χ3n) is 3.41. The summed E-state index contributed by atoms with van der Waals surface area (Å²) >= 11 is 13.2. The fourth-order valence-electron chi connectivity index (χ4n) is 2.21. The average Bonchev–Trinajstić information content (AvgIpc) is 2.97. The molecule has 128 valence electrons. The maximum absolute atomic E-state index is 11.3. The number of aromatic nitrogens is 1. The lowest BCUT2D eigenvalue weighted by Gasteiger charge is -2.10. The van der Waals surface area contributed by atoms with Crippen molar-refractivity contribution in [3.05, 3.63) is 63.0 Å². The second kappa shape index (κ2) is 7.31. The normalized spacial score (nSPS) is 10.6. The molecule has 25 heavy (non-hydrogen) atoms. The van der Waals surface area contributed by atoms with Crippen molar-refractivity contribution in [2.45, 2.75) is 6.61 Å². The molecule has 0 aliphatic rings. The number of thiazole rings is 1. The van der Waals surface area contributed by atoms with Crippen LogP contribution in [0.4, 0.5) is 5.13 Å². The number of nitrogens with zero attached hydrogens (tertiary/aromatic N) is 1. The van der Waals surface area contributed by atoms with E-state index in [9.17, 15) is 9.90 Å². The van der Waals surface area contributed by atoms with Crippen LogP contribution in [0, 0.1) is 0 Å². The Morgan fingerprint density at radius 2 is 1.80 bits per heavy atom. The number of hydrogen-bond donors (Lipinski definition) is 2. The molecule has 8 heteroatoms. The molecule has 3 aromatic rings. The van der Waals surface area contributed by atoms with Crippen LogP contribution >= 0.6 is 34.5 Å². The number of ether oxygens (including phenoxy) is 1. The molecule has 0 aliphatic heterocycles. The van der Waals surface area contributed by atoms with Crippen molar-refractivity contribution in [1.82, 2.24) is 4.98 Å². The number of hydrogen-bond acceptors (Lipinski definition) is 5. The third kappa shape index (κ3) is 3.87. The molecule has 2 aromatic carbocycles. The number of halogens is 2. The van der Waals surface area contributed by atoms with Gasteiger partial charge in [-0.2, -0.15) is 0 Å². The van der Waals surface area contributed by atoms with E-state index in [0.717, 1.165) is 11.3 Å². The summed E-state index contributed by atoms with van der Waals surface area (Å²) in [6.07, 6.45) is 0. The fourth-order valence-corrected chi connectivity index (χ4v) is 3.41. The second-order valence-electron chi connectivity index (χ2n) is 5.05. The first-order chi connectivity index (χ1) is 12.0. The molecule has 0 saturated heterocycles. The number of rotatable bonds is 5. The number of nitrogens with two attached hydrogens (primary N) is 1. The van der Waals surface area contributed by atoms with Crippen LogP contribution in [0.15, 0.2) is 42.5 Å². The number of carboxylic acid groups (broad SMARTS) is 1. The van der Waals surface area contributed by atoms with Crippen molar-refractivity contribution in [3.8, 4) is 17.0 Å². The first-order valence-corrected chi connectivity index (χ1v) is 8.68. The van der Waals surface area contributed by atoms with Crippen molar-refractivity contribution in [2.75, 3.05) is 5.73 Å². The fraction of sp³-hybridized carbons (Fsp3) is 0.0588. The van der Waals surface area contributed by atoms with E-state index in [1.54, 1.807) is 42.5 Å². The molecule has 0 amide bonds. The van der Waals surface area contributed by atoms with E-state index in [0.29, 0.717) is 32.6 Å². The summed E-state index contributed by atoms with van der Waals surface area (Å²) < 4.78 is 5.70. The summed E-state index contributed by atoms with van der Waals surface area (Å²) in [6, 6.07) is 12.2. The van der Waals surface area contributed by atoms with E-state index in [1.807, 2.05) is 0 Å². The summed E-state index contributed by atoms with van der Waals surface area (Å²) in [6.45, 7) is 0.224. The first kappa shape index (κ1) is 17.5. The van der Waals surface area contributed by atoms with Gasteiger partial charge >= 0.3 is 5.97 Å². The molecule has 0 unspecified atom stereocenters. The predicted molar refractivity (Wildman–Crippen MR) is 99.7 cm³/mol. The Morgan fingerprint density at radius 3 is 2.40 bits per heavy atom. The molecule has 0 aliphatic carbocycles. The highest BCUT2D eigenvalue weighted by atomic mass is 35.5. The quantitative estimate of drug-likeness (QED) is 0.637. The Bertz CT molecular complexity index is 906. The number of anilines is 1. The summed E-state index contributed by atoms with van der Waals surface area (Å²) in [5.41, 5.74) is 7.31. The van der Waals surface area contributed by atoms with Crippen molar-refractivity contribution >= 4 is 45.6 Å². The van der Waals surface area contributed by atoms with Crippen LogP contribution in [-0.2, 0) is 6.61 Å². The Hall–Kier alpha value is -2.28. The molecule has 3 N–H and O–H groups in total. The topological polar surface area (TPSA) is 85.4 Å². The number of benzene rings is 2. The SMILES string of the molecule is Nc1nc(-c2ccc(OCc3c(Cl)cccc3Cl)cc2)c(C(=O)O)s1. The highest BCUT2D eigenvalue weighted by Gasteiger charge is 2.17. The zero-order valence-electron chi connectivity index (χ0n) is 12.7. The molecule has 0 radical (unpaired) electrons. The molecular weight excluding hydrogens is 383 g/mol. The minimum absolute atomic E-state index is 0.106. The van der Waals surface area contributed by atoms with Gasteiger partial charge in [-0.1, -0.05) is 40.6 Å².